The van der Waals surface area contributed by atoms with Gasteiger partial charge in [0.1, 0.15) is 17.2 Å². The van der Waals surface area contributed by atoms with Crippen LogP contribution in [0.4, 0.5) is 14.0 Å². The van der Waals surface area contributed by atoms with Crippen molar-refractivity contribution in [3.8, 4) is 5.75 Å². The summed E-state index contributed by atoms with van der Waals surface area (Å²) in [5.74, 6) is -0.499. The van der Waals surface area contributed by atoms with Crippen LogP contribution in [0.1, 0.15) is 73.8 Å². The molecule has 1 fully saturated rings. The lowest BCUT2D eigenvalue weighted by molar-refractivity contribution is 0.0183. The second-order valence-corrected chi connectivity index (χ2v) is 13.1. The van der Waals surface area contributed by atoms with Crippen LogP contribution in [0.15, 0.2) is 6.07 Å². The van der Waals surface area contributed by atoms with E-state index in [9.17, 15) is 14.0 Å². The molecular formula is C26H42Cl2FN3O4S. The number of ether oxygens (including phenoxy) is 2. The highest BCUT2D eigenvalue weighted by molar-refractivity contribution is 7.98. The van der Waals surface area contributed by atoms with Crippen molar-refractivity contribution in [3.63, 3.8) is 0 Å². The highest BCUT2D eigenvalue weighted by Gasteiger charge is 2.29. The van der Waals surface area contributed by atoms with E-state index in [0.29, 0.717) is 45.4 Å². The fraction of sp³-hybridized carbons (Fsp3) is 0.692. The number of carbonyl (C=O) groups excluding carboxylic acids is 2. The predicted molar refractivity (Wildman–Crippen MR) is 151 cm³/mol. The molecule has 1 aliphatic heterocycles. The number of likely N-dealkylation sites (tertiary alicyclic amines) is 1. The molecule has 0 atom stereocenters. The molecule has 0 bridgehead atoms. The molecule has 1 aromatic rings. The molecule has 212 valence electrons. The van der Waals surface area contributed by atoms with E-state index in [2.05, 4.69) is 20.8 Å². The summed E-state index contributed by atoms with van der Waals surface area (Å²) >= 11 is 13.4. The third-order valence-corrected chi connectivity index (χ3v) is 7.03. The van der Waals surface area contributed by atoms with Crippen LogP contribution in [-0.4, -0.2) is 58.5 Å². The number of carbonyl (C=O) groups is 2. The fourth-order valence-electron chi connectivity index (χ4n) is 3.47. The number of nitrogens with zero attached hydrogens (tertiary/aromatic N) is 2. The van der Waals surface area contributed by atoms with Crippen molar-refractivity contribution in [2.45, 2.75) is 85.0 Å². The molecule has 1 aromatic carbocycles. The maximum absolute atomic E-state index is 15.0. The Morgan fingerprint density at radius 1 is 1.14 bits per heavy atom. The number of halogens is 3. The summed E-state index contributed by atoms with van der Waals surface area (Å²) in [5, 5.41) is 5.02. The Morgan fingerprint density at radius 2 is 1.65 bits per heavy atom. The lowest BCUT2D eigenvalue weighted by Crippen LogP contribution is -2.42. The maximum atomic E-state index is 15.0. The van der Waals surface area contributed by atoms with Gasteiger partial charge in [0.25, 0.3) is 0 Å². The van der Waals surface area contributed by atoms with E-state index in [0.717, 1.165) is 0 Å². The minimum absolute atomic E-state index is 0.00925. The van der Waals surface area contributed by atoms with Crippen LogP contribution in [0.2, 0.25) is 10.0 Å². The summed E-state index contributed by atoms with van der Waals surface area (Å²) in [6.45, 7) is 17.3. The van der Waals surface area contributed by atoms with E-state index in [4.69, 9.17) is 37.8 Å². The number of benzene rings is 1. The van der Waals surface area contributed by atoms with Crippen molar-refractivity contribution in [1.82, 2.24) is 9.80 Å². The quantitative estimate of drug-likeness (QED) is 0.285. The molecule has 1 saturated heterocycles. The van der Waals surface area contributed by atoms with Crippen LogP contribution in [-0.2, 0) is 11.2 Å². The smallest absolute Gasteiger partial charge is 0.415 e. The van der Waals surface area contributed by atoms with Crippen LogP contribution >= 0.6 is 35.1 Å². The minimum Gasteiger partial charge on any atom is -0.444 e. The summed E-state index contributed by atoms with van der Waals surface area (Å²) in [7, 11) is 0. The number of piperidine rings is 1. The second kappa shape index (κ2) is 14.7. The van der Waals surface area contributed by atoms with Gasteiger partial charge in [-0.1, -0.05) is 35.1 Å². The highest BCUT2D eigenvalue weighted by Crippen LogP contribution is 2.37. The molecule has 37 heavy (non-hydrogen) atoms. The molecule has 0 unspecified atom stereocenters. The van der Waals surface area contributed by atoms with Crippen LogP contribution in [0.25, 0.3) is 0 Å². The van der Waals surface area contributed by atoms with Crippen molar-refractivity contribution in [1.29, 1.82) is 0 Å². The van der Waals surface area contributed by atoms with Gasteiger partial charge in [0.05, 0.1) is 10.0 Å². The third kappa shape index (κ3) is 11.5. The Labute approximate surface area is 235 Å². The zero-order chi connectivity index (χ0) is 28.6. The predicted octanol–water partition coefficient (Wildman–Crippen LogP) is 7.55. The average Bonchev–Trinajstić information content (AvgIpc) is 2.80. The number of nitrogens with two attached hydrogens (primary N) is 1. The summed E-state index contributed by atoms with van der Waals surface area (Å²) in [6.07, 6.45) is 0.750. The summed E-state index contributed by atoms with van der Waals surface area (Å²) in [6, 6.07) is 1.39. The van der Waals surface area contributed by atoms with Gasteiger partial charge in [0.15, 0.2) is 0 Å². The van der Waals surface area contributed by atoms with Gasteiger partial charge in [-0.3, -0.25) is 5.14 Å². The van der Waals surface area contributed by atoms with E-state index in [-0.39, 0.29) is 38.1 Å². The Bertz CT molecular complexity index is 911. The molecule has 0 radical (unpaired) electrons. The lowest BCUT2D eigenvalue weighted by Gasteiger charge is -2.33. The van der Waals surface area contributed by atoms with E-state index >= 15 is 0 Å². The molecule has 2 rings (SSSR count). The monoisotopic (exact) mass is 581 g/mol. The molecular weight excluding hydrogens is 540 g/mol. The van der Waals surface area contributed by atoms with Crippen LogP contribution in [0.3, 0.4) is 0 Å². The van der Waals surface area contributed by atoms with Crippen molar-refractivity contribution >= 4 is 47.3 Å². The Morgan fingerprint density at radius 3 is 2.08 bits per heavy atom. The Kier molecular flexibility index (Phi) is 13.3. The summed E-state index contributed by atoms with van der Waals surface area (Å²) in [5.41, 5.74) is -0.327. The largest absolute Gasteiger partial charge is 0.444 e. The average molecular weight is 583 g/mol. The molecule has 0 aliphatic carbocycles. The first-order valence-corrected chi connectivity index (χ1v) is 14.1. The molecule has 1 heterocycles. The molecule has 1 aliphatic rings. The first-order valence-electron chi connectivity index (χ1n) is 12.5. The van der Waals surface area contributed by atoms with E-state index in [1.807, 2.05) is 34.6 Å². The summed E-state index contributed by atoms with van der Waals surface area (Å²) in [4.78, 5) is 27.8. The van der Waals surface area contributed by atoms with Crippen LogP contribution in [0.5, 0.6) is 5.75 Å². The molecule has 0 aromatic heterocycles. The lowest BCUT2D eigenvalue weighted by atomic mass is 9.89. The Hall–Kier alpha value is -1.42. The molecule has 0 spiro atoms. The van der Waals surface area contributed by atoms with E-state index < -0.39 is 17.5 Å². The van der Waals surface area contributed by atoms with Crippen molar-refractivity contribution in [3.05, 3.63) is 27.5 Å². The number of amides is 2. The topological polar surface area (TPSA) is 85.1 Å². The fourth-order valence-corrected chi connectivity index (χ4v) is 3.82. The first kappa shape index (κ1) is 33.6. The Balaban J connectivity index is 0.00000102. The highest BCUT2D eigenvalue weighted by atomic mass is 35.5. The van der Waals surface area contributed by atoms with Crippen LogP contribution in [0, 0.1) is 11.7 Å². The van der Waals surface area contributed by atoms with Crippen LogP contribution < -0.4 is 9.88 Å². The second-order valence-electron chi connectivity index (χ2n) is 10.8. The SMILES string of the molecule is CC(C)(C)SN.CCN(CC)C(=O)Oc1cc(Cl)c(Cl)c(F)c1CC1CCN(C(=O)OC(C)(C)C)CC1. The van der Waals surface area contributed by atoms with Gasteiger partial charge < -0.3 is 19.3 Å². The third-order valence-electron chi connectivity index (χ3n) is 5.55. The van der Waals surface area contributed by atoms with Gasteiger partial charge in [-0.05, 0) is 80.6 Å². The van der Waals surface area contributed by atoms with E-state index in [1.165, 1.54) is 22.9 Å². The van der Waals surface area contributed by atoms with Gasteiger partial charge >= 0.3 is 12.2 Å². The first-order chi connectivity index (χ1) is 17.0. The molecule has 7 nitrogen and oxygen atoms in total. The zero-order valence-corrected chi connectivity index (χ0v) is 25.6. The minimum atomic E-state index is -0.675. The van der Waals surface area contributed by atoms with Gasteiger partial charge in [-0.25, -0.2) is 14.0 Å². The van der Waals surface area contributed by atoms with Gasteiger partial charge in [-0.15, -0.1) is 0 Å². The molecule has 11 heteroatoms. The molecule has 2 N–H and O–H groups in total. The standard InChI is InChI=1S/C22H31Cl2FN2O4.C4H11NS/c1-6-26(7-2)20(28)30-17-13-16(23)18(24)19(25)15(17)12-14-8-10-27(11-9-14)21(29)31-22(3,4)5;1-4(2,3)6-5/h13-14H,6-12H2,1-5H3;5H2,1-3H3. The zero-order valence-electron chi connectivity index (χ0n) is 23.3. The van der Waals surface area contributed by atoms with Crippen molar-refractivity contribution in [2.24, 2.45) is 11.1 Å². The van der Waals surface area contributed by atoms with E-state index in [1.54, 1.807) is 4.90 Å². The van der Waals surface area contributed by atoms with Gasteiger partial charge in [0.2, 0.25) is 0 Å². The molecule has 0 saturated carbocycles. The van der Waals surface area contributed by atoms with Crippen molar-refractivity contribution < 1.29 is 23.5 Å². The number of hydrogen-bond donors (Lipinski definition) is 1. The van der Waals surface area contributed by atoms with Crippen molar-refractivity contribution in [2.75, 3.05) is 26.2 Å². The summed E-state index contributed by atoms with van der Waals surface area (Å²) < 4.78 is 26.1. The maximum Gasteiger partial charge on any atom is 0.415 e. The van der Waals surface area contributed by atoms with Gasteiger partial charge in [-0.2, -0.15) is 0 Å². The van der Waals surface area contributed by atoms with Gasteiger partial charge in [0, 0.05) is 42.6 Å². The molecule has 2 amide bonds. The number of rotatable bonds is 5. The number of hydrogen-bond acceptors (Lipinski definition) is 6. The normalized spacial score (nSPS) is 14.5.